The molecule has 0 aliphatic carbocycles. The predicted molar refractivity (Wildman–Crippen MR) is 86.9 cm³/mol. The minimum absolute atomic E-state index is 0.256. The number of hydrogen-bond acceptors (Lipinski definition) is 4. The van der Waals surface area contributed by atoms with Crippen LogP contribution in [0.3, 0.4) is 0 Å². The number of halogens is 1. The minimum Gasteiger partial charge on any atom is -0.374 e. The summed E-state index contributed by atoms with van der Waals surface area (Å²) in [7, 11) is 0. The van der Waals surface area contributed by atoms with Crippen LogP contribution in [0.1, 0.15) is 25.6 Å². The second-order valence-electron chi connectivity index (χ2n) is 5.57. The van der Waals surface area contributed by atoms with Crippen LogP contribution in [0.2, 0.25) is 4.34 Å². The fourth-order valence-corrected chi connectivity index (χ4v) is 3.83. The smallest absolute Gasteiger partial charge is 0.0931 e. The molecule has 0 amide bonds. The molecule has 1 N–H and O–H groups in total. The Bertz CT molecular complexity index is 410. The highest BCUT2D eigenvalue weighted by Crippen LogP contribution is 2.24. The van der Waals surface area contributed by atoms with Crippen LogP contribution in [-0.2, 0) is 11.2 Å². The highest BCUT2D eigenvalue weighted by Gasteiger charge is 2.29. The number of likely N-dealkylation sites (N-methyl/N-ethyl adjacent to an activating group) is 1. The zero-order valence-corrected chi connectivity index (χ0v) is 14.1. The third kappa shape index (κ3) is 4.43. The van der Waals surface area contributed by atoms with Gasteiger partial charge in [-0.25, -0.2) is 0 Å². The van der Waals surface area contributed by atoms with Crippen molar-refractivity contribution in [3.63, 3.8) is 0 Å². The van der Waals surface area contributed by atoms with Crippen LogP contribution >= 0.6 is 22.9 Å². The van der Waals surface area contributed by atoms with Crippen LogP contribution in [0, 0.1) is 0 Å². The molecule has 0 saturated carbocycles. The average molecular weight is 317 g/mol. The molecule has 0 bridgehead atoms. The van der Waals surface area contributed by atoms with Gasteiger partial charge in [0.05, 0.1) is 17.0 Å². The molecule has 1 aliphatic rings. The van der Waals surface area contributed by atoms with Crippen molar-refractivity contribution < 1.29 is 4.74 Å². The SMILES string of the molecule is CCNC(Cc1ccc(Cl)s1)C1CN(C(C)C)CCO1. The summed E-state index contributed by atoms with van der Waals surface area (Å²) in [5.41, 5.74) is 0. The van der Waals surface area contributed by atoms with E-state index in [1.54, 1.807) is 11.3 Å². The van der Waals surface area contributed by atoms with Gasteiger partial charge in [-0.1, -0.05) is 18.5 Å². The molecule has 20 heavy (non-hydrogen) atoms. The Balaban J connectivity index is 1.99. The van der Waals surface area contributed by atoms with E-state index >= 15 is 0 Å². The van der Waals surface area contributed by atoms with Crippen molar-refractivity contribution in [2.45, 2.75) is 45.4 Å². The molecule has 0 radical (unpaired) electrons. The van der Waals surface area contributed by atoms with Crippen molar-refractivity contribution in [3.05, 3.63) is 21.3 Å². The number of morpholine rings is 1. The Labute approximate surface area is 131 Å². The highest BCUT2D eigenvalue weighted by atomic mass is 35.5. The summed E-state index contributed by atoms with van der Waals surface area (Å²) in [5, 5.41) is 3.58. The van der Waals surface area contributed by atoms with E-state index in [-0.39, 0.29) is 6.10 Å². The first-order valence-corrected chi connectivity index (χ1v) is 8.62. The van der Waals surface area contributed by atoms with Crippen LogP contribution in [0.4, 0.5) is 0 Å². The van der Waals surface area contributed by atoms with Gasteiger partial charge in [-0.2, -0.15) is 0 Å². The molecule has 2 atom stereocenters. The lowest BCUT2D eigenvalue weighted by Crippen LogP contribution is -2.54. The summed E-state index contributed by atoms with van der Waals surface area (Å²) in [6.07, 6.45) is 1.24. The first-order valence-electron chi connectivity index (χ1n) is 7.43. The van der Waals surface area contributed by atoms with Crippen molar-refractivity contribution in [1.29, 1.82) is 0 Å². The summed E-state index contributed by atoms with van der Waals surface area (Å²) in [4.78, 5) is 3.83. The third-order valence-corrected chi connectivity index (χ3v) is 5.07. The molecular formula is C15H25ClN2OS. The quantitative estimate of drug-likeness (QED) is 0.873. The number of ether oxygens (including phenoxy) is 1. The zero-order chi connectivity index (χ0) is 14.5. The third-order valence-electron chi connectivity index (χ3n) is 3.82. The predicted octanol–water partition coefficient (Wildman–Crippen LogP) is 3.03. The molecule has 1 aromatic rings. The summed E-state index contributed by atoms with van der Waals surface area (Å²) in [6, 6.07) is 5.05. The second kappa shape index (κ2) is 7.76. The van der Waals surface area contributed by atoms with Gasteiger partial charge in [-0.15, -0.1) is 11.3 Å². The fraction of sp³-hybridized carbons (Fsp3) is 0.733. The first kappa shape index (κ1) is 16.2. The van der Waals surface area contributed by atoms with Crippen LogP contribution in [-0.4, -0.2) is 49.3 Å². The number of rotatable bonds is 6. The molecule has 0 spiro atoms. The Morgan fingerprint density at radius 1 is 1.50 bits per heavy atom. The maximum Gasteiger partial charge on any atom is 0.0931 e. The van der Waals surface area contributed by atoms with E-state index < -0.39 is 0 Å². The van der Waals surface area contributed by atoms with Gasteiger partial charge in [0, 0.05) is 30.1 Å². The van der Waals surface area contributed by atoms with E-state index in [1.165, 1.54) is 4.88 Å². The summed E-state index contributed by atoms with van der Waals surface area (Å²) < 4.78 is 6.88. The molecule has 1 fully saturated rings. The number of thiophene rings is 1. The second-order valence-corrected chi connectivity index (χ2v) is 7.37. The van der Waals surface area contributed by atoms with Crippen molar-refractivity contribution in [2.24, 2.45) is 0 Å². The Morgan fingerprint density at radius 2 is 2.30 bits per heavy atom. The van der Waals surface area contributed by atoms with Crippen molar-refractivity contribution >= 4 is 22.9 Å². The molecule has 2 heterocycles. The van der Waals surface area contributed by atoms with Crippen LogP contribution < -0.4 is 5.32 Å². The number of nitrogens with one attached hydrogen (secondary N) is 1. The topological polar surface area (TPSA) is 24.5 Å². The van der Waals surface area contributed by atoms with Gasteiger partial charge in [-0.05, 0) is 38.9 Å². The molecule has 1 aromatic heterocycles. The summed E-state index contributed by atoms with van der Waals surface area (Å²) in [5.74, 6) is 0. The summed E-state index contributed by atoms with van der Waals surface area (Å²) in [6.45, 7) is 10.5. The van der Waals surface area contributed by atoms with E-state index in [1.807, 2.05) is 6.07 Å². The van der Waals surface area contributed by atoms with Crippen LogP contribution in [0.25, 0.3) is 0 Å². The van der Waals surface area contributed by atoms with Gasteiger partial charge in [0.1, 0.15) is 0 Å². The molecule has 114 valence electrons. The Kier molecular flexibility index (Phi) is 6.30. The highest BCUT2D eigenvalue weighted by molar-refractivity contribution is 7.16. The van der Waals surface area contributed by atoms with Gasteiger partial charge in [0.2, 0.25) is 0 Å². The first-order chi connectivity index (χ1) is 9.60. The molecular weight excluding hydrogens is 292 g/mol. The van der Waals surface area contributed by atoms with Crippen LogP contribution in [0.5, 0.6) is 0 Å². The van der Waals surface area contributed by atoms with Gasteiger partial charge in [0.25, 0.3) is 0 Å². The van der Waals surface area contributed by atoms with Crippen molar-refractivity contribution in [1.82, 2.24) is 10.2 Å². The summed E-state index contributed by atoms with van der Waals surface area (Å²) >= 11 is 7.70. The van der Waals surface area contributed by atoms with Gasteiger partial charge < -0.3 is 10.1 Å². The standard InChI is InChI=1S/C15H25ClN2OS/c1-4-17-13(9-12-5-6-15(16)20-12)14-10-18(11(2)3)7-8-19-14/h5-6,11,13-14,17H,4,7-10H2,1-3H3. The Hall–Kier alpha value is -0.130. The van der Waals surface area contributed by atoms with Gasteiger partial charge in [-0.3, -0.25) is 4.90 Å². The molecule has 0 aromatic carbocycles. The van der Waals surface area contributed by atoms with E-state index in [0.29, 0.717) is 12.1 Å². The van der Waals surface area contributed by atoms with E-state index in [2.05, 4.69) is 37.1 Å². The van der Waals surface area contributed by atoms with Crippen molar-refractivity contribution in [3.8, 4) is 0 Å². The lowest BCUT2D eigenvalue weighted by atomic mass is 10.0. The monoisotopic (exact) mass is 316 g/mol. The lowest BCUT2D eigenvalue weighted by Gasteiger charge is -2.39. The average Bonchev–Trinajstić information content (AvgIpc) is 2.84. The maximum atomic E-state index is 6.03. The van der Waals surface area contributed by atoms with E-state index in [9.17, 15) is 0 Å². The number of nitrogens with zero attached hydrogens (tertiary/aromatic N) is 1. The minimum atomic E-state index is 0.256. The Morgan fingerprint density at radius 3 is 2.90 bits per heavy atom. The van der Waals surface area contributed by atoms with E-state index in [0.717, 1.165) is 37.0 Å². The van der Waals surface area contributed by atoms with Gasteiger partial charge >= 0.3 is 0 Å². The molecule has 1 aliphatic heterocycles. The van der Waals surface area contributed by atoms with Crippen LogP contribution in [0.15, 0.2) is 12.1 Å². The molecule has 2 unspecified atom stereocenters. The molecule has 3 nitrogen and oxygen atoms in total. The zero-order valence-electron chi connectivity index (χ0n) is 12.6. The van der Waals surface area contributed by atoms with Gasteiger partial charge in [0.15, 0.2) is 0 Å². The largest absolute Gasteiger partial charge is 0.374 e. The normalized spacial score (nSPS) is 22.4. The molecule has 2 rings (SSSR count). The van der Waals surface area contributed by atoms with Crippen molar-refractivity contribution in [2.75, 3.05) is 26.2 Å². The fourth-order valence-electron chi connectivity index (χ4n) is 2.68. The van der Waals surface area contributed by atoms with E-state index in [4.69, 9.17) is 16.3 Å². The maximum absolute atomic E-state index is 6.03. The number of hydrogen-bond donors (Lipinski definition) is 1. The lowest BCUT2D eigenvalue weighted by molar-refractivity contribution is -0.0549. The molecule has 1 saturated heterocycles. The molecule has 5 heteroatoms.